The quantitative estimate of drug-likeness (QED) is 0.271. The van der Waals surface area contributed by atoms with Gasteiger partial charge in [0.25, 0.3) is 0 Å². The minimum Gasteiger partial charge on any atom is -0.250 e. The van der Waals surface area contributed by atoms with Crippen LogP contribution in [0.15, 0.2) is 12.2 Å². The van der Waals surface area contributed by atoms with Crippen LogP contribution in [0.5, 0.6) is 0 Å². The number of rotatable bonds is 9. The van der Waals surface area contributed by atoms with Crippen LogP contribution in [0.3, 0.4) is 0 Å². The standard InChI is InChI=1S/C23H42F4/c1-17(23(25,26)27)19(5,6)12-14-22(11,18(2,3)4)15-13-20(7,8)21(9,10)16-24/h1,12-16H2,2-11H3. The molecule has 4 heteroatoms. The molecule has 0 rings (SSSR count). The first-order valence-corrected chi connectivity index (χ1v) is 9.96. The first-order valence-electron chi connectivity index (χ1n) is 9.96. The van der Waals surface area contributed by atoms with Crippen molar-refractivity contribution in [2.45, 2.75) is 101 Å². The van der Waals surface area contributed by atoms with E-state index >= 15 is 0 Å². The van der Waals surface area contributed by atoms with Crippen molar-refractivity contribution in [3.05, 3.63) is 12.2 Å². The predicted molar refractivity (Wildman–Crippen MR) is 109 cm³/mol. The third kappa shape index (κ3) is 6.49. The molecule has 0 N–H and O–H groups in total. The van der Waals surface area contributed by atoms with E-state index < -0.39 is 22.6 Å². The second-order valence-corrected chi connectivity index (χ2v) is 11.6. The van der Waals surface area contributed by atoms with Gasteiger partial charge in [0.2, 0.25) is 0 Å². The number of halogens is 4. The summed E-state index contributed by atoms with van der Waals surface area (Å²) in [7, 11) is 0. The van der Waals surface area contributed by atoms with Gasteiger partial charge in [0.15, 0.2) is 0 Å². The normalized spacial score (nSPS) is 17.0. The van der Waals surface area contributed by atoms with E-state index in [1.54, 1.807) is 13.8 Å². The Balaban J connectivity index is 5.44. The third-order valence-corrected chi connectivity index (χ3v) is 7.74. The molecule has 0 amide bonds. The lowest BCUT2D eigenvalue weighted by molar-refractivity contribution is -0.106. The summed E-state index contributed by atoms with van der Waals surface area (Å²) in [6, 6.07) is 0. The van der Waals surface area contributed by atoms with Crippen LogP contribution in [0.2, 0.25) is 0 Å². The SMILES string of the molecule is C=C(C(F)(F)F)C(C)(C)CCC(C)(CCC(C)(C)C(C)(C)CF)C(C)(C)C. The minimum atomic E-state index is -4.37. The van der Waals surface area contributed by atoms with Crippen LogP contribution in [-0.2, 0) is 0 Å². The molecule has 0 saturated heterocycles. The molecule has 162 valence electrons. The highest BCUT2D eigenvalue weighted by Gasteiger charge is 2.45. The molecule has 1 unspecified atom stereocenters. The Kier molecular flexibility index (Phi) is 7.90. The van der Waals surface area contributed by atoms with Gasteiger partial charge >= 0.3 is 6.18 Å². The fourth-order valence-electron chi connectivity index (χ4n) is 3.11. The molecule has 0 spiro atoms. The Labute approximate surface area is 165 Å². The first kappa shape index (κ1) is 26.5. The van der Waals surface area contributed by atoms with Gasteiger partial charge in [-0.15, -0.1) is 0 Å². The molecule has 27 heavy (non-hydrogen) atoms. The maximum atomic E-state index is 13.5. The molecular formula is C23H42F4. The second-order valence-electron chi connectivity index (χ2n) is 11.6. The average molecular weight is 395 g/mol. The Hall–Kier alpha value is -0.540. The minimum absolute atomic E-state index is 0.0708. The topological polar surface area (TPSA) is 0 Å². The van der Waals surface area contributed by atoms with Gasteiger partial charge in [-0.3, -0.25) is 4.39 Å². The smallest absolute Gasteiger partial charge is 0.250 e. The van der Waals surface area contributed by atoms with Gasteiger partial charge in [0, 0.05) is 5.57 Å². The molecule has 0 aliphatic heterocycles. The van der Waals surface area contributed by atoms with Gasteiger partial charge in [-0.1, -0.05) is 75.8 Å². The fraction of sp³-hybridized carbons (Fsp3) is 0.913. The van der Waals surface area contributed by atoms with Gasteiger partial charge in [0.1, 0.15) is 0 Å². The summed E-state index contributed by atoms with van der Waals surface area (Å²) in [4.78, 5) is 0. The summed E-state index contributed by atoms with van der Waals surface area (Å²) >= 11 is 0. The van der Waals surface area contributed by atoms with Crippen molar-refractivity contribution >= 4 is 0 Å². The molecule has 0 aromatic rings. The summed E-state index contributed by atoms with van der Waals surface area (Å²) in [5.74, 6) is 0. The molecule has 0 nitrogen and oxygen atoms in total. The number of hydrogen-bond donors (Lipinski definition) is 0. The van der Waals surface area contributed by atoms with Gasteiger partial charge in [-0.05, 0) is 52.8 Å². The summed E-state index contributed by atoms with van der Waals surface area (Å²) in [6.45, 7) is 22.9. The van der Waals surface area contributed by atoms with Crippen LogP contribution in [0.1, 0.15) is 94.9 Å². The van der Waals surface area contributed by atoms with Crippen molar-refractivity contribution < 1.29 is 17.6 Å². The summed E-state index contributed by atoms with van der Waals surface area (Å²) in [5, 5.41) is 0. The zero-order valence-electron chi connectivity index (χ0n) is 19.3. The molecule has 0 bridgehead atoms. The van der Waals surface area contributed by atoms with Crippen LogP contribution in [-0.4, -0.2) is 12.9 Å². The van der Waals surface area contributed by atoms with Crippen LogP contribution in [0, 0.1) is 27.1 Å². The lowest BCUT2D eigenvalue weighted by Gasteiger charge is -2.48. The molecule has 0 fully saturated rings. The monoisotopic (exact) mass is 394 g/mol. The van der Waals surface area contributed by atoms with Crippen LogP contribution in [0.25, 0.3) is 0 Å². The molecule has 0 aromatic heterocycles. The highest BCUT2D eigenvalue weighted by molar-refractivity contribution is 5.13. The largest absolute Gasteiger partial charge is 0.412 e. The van der Waals surface area contributed by atoms with E-state index in [2.05, 4.69) is 48.1 Å². The Morgan fingerprint density at radius 2 is 1.07 bits per heavy atom. The first-order chi connectivity index (χ1) is 11.6. The number of allylic oxidation sites excluding steroid dienone is 1. The van der Waals surface area contributed by atoms with E-state index in [0.717, 1.165) is 12.8 Å². The van der Waals surface area contributed by atoms with Gasteiger partial charge in [-0.25, -0.2) is 0 Å². The molecule has 0 aliphatic carbocycles. The van der Waals surface area contributed by atoms with E-state index in [0.29, 0.717) is 12.8 Å². The van der Waals surface area contributed by atoms with Crippen molar-refractivity contribution in [3.63, 3.8) is 0 Å². The Morgan fingerprint density at radius 3 is 1.41 bits per heavy atom. The second kappa shape index (κ2) is 8.06. The highest BCUT2D eigenvalue weighted by atomic mass is 19.4. The van der Waals surface area contributed by atoms with Crippen LogP contribution < -0.4 is 0 Å². The Morgan fingerprint density at radius 1 is 0.667 bits per heavy atom. The van der Waals surface area contributed by atoms with E-state index in [4.69, 9.17) is 0 Å². The molecule has 0 saturated carbocycles. The number of alkyl halides is 4. The summed E-state index contributed by atoms with van der Waals surface area (Å²) in [6.07, 6.45) is -1.59. The molecule has 0 heterocycles. The summed E-state index contributed by atoms with van der Waals surface area (Å²) in [5.41, 5.74) is -2.52. The van der Waals surface area contributed by atoms with E-state index in [1.807, 2.05) is 13.8 Å². The van der Waals surface area contributed by atoms with Crippen LogP contribution in [0.4, 0.5) is 17.6 Å². The molecular weight excluding hydrogens is 352 g/mol. The molecule has 0 aliphatic rings. The Bertz CT molecular complexity index is 503. The van der Waals surface area contributed by atoms with Crippen LogP contribution >= 0.6 is 0 Å². The van der Waals surface area contributed by atoms with Crippen molar-refractivity contribution in [1.82, 2.24) is 0 Å². The van der Waals surface area contributed by atoms with Gasteiger partial charge < -0.3 is 0 Å². The van der Waals surface area contributed by atoms with Gasteiger partial charge in [-0.2, -0.15) is 13.2 Å². The molecule has 1 atom stereocenters. The average Bonchev–Trinajstić information content (AvgIpc) is 2.48. The molecule has 0 aromatic carbocycles. The lowest BCUT2D eigenvalue weighted by Crippen LogP contribution is -2.39. The molecule has 0 radical (unpaired) electrons. The zero-order chi connectivity index (χ0) is 22.1. The van der Waals surface area contributed by atoms with E-state index in [9.17, 15) is 17.6 Å². The van der Waals surface area contributed by atoms with Crippen molar-refractivity contribution in [2.24, 2.45) is 27.1 Å². The van der Waals surface area contributed by atoms with Crippen molar-refractivity contribution in [1.29, 1.82) is 0 Å². The third-order valence-electron chi connectivity index (χ3n) is 7.74. The van der Waals surface area contributed by atoms with Crippen molar-refractivity contribution in [2.75, 3.05) is 6.67 Å². The predicted octanol–water partition coefficient (Wildman–Crippen LogP) is 8.77. The van der Waals surface area contributed by atoms with E-state index in [-0.39, 0.29) is 22.9 Å². The van der Waals surface area contributed by atoms with Crippen molar-refractivity contribution in [3.8, 4) is 0 Å². The summed E-state index contributed by atoms with van der Waals surface area (Å²) < 4.78 is 52.9. The van der Waals surface area contributed by atoms with E-state index in [1.165, 1.54) is 0 Å². The number of hydrogen-bond acceptors (Lipinski definition) is 0. The highest BCUT2D eigenvalue weighted by Crippen LogP contribution is 2.53. The lowest BCUT2D eigenvalue weighted by atomic mass is 9.57. The maximum Gasteiger partial charge on any atom is 0.412 e. The zero-order valence-corrected chi connectivity index (χ0v) is 19.3. The fourth-order valence-corrected chi connectivity index (χ4v) is 3.11. The maximum absolute atomic E-state index is 13.5. The van der Waals surface area contributed by atoms with Gasteiger partial charge in [0.05, 0.1) is 6.67 Å².